The van der Waals surface area contributed by atoms with E-state index >= 15 is 0 Å². The van der Waals surface area contributed by atoms with Crippen molar-refractivity contribution < 1.29 is 19.0 Å². The van der Waals surface area contributed by atoms with E-state index in [-0.39, 0.29) is 18.6 Å². The summed E-state index contributed by atoms with van der Waals surface area (Å²) in [7, 11) is 3.22. The summed E-state index contributed by atoms with van der Waals surface area (Å²) in [5.74, 6) is 1.75. The molecule has 0 aliphatic carbocycles. The third-order valence-corrected chi connectivity index (χ3v) is 6.02. The van der Waals surface area contributed by atoms with Crippen molar-refractivity contribution >= 4 is 29.1 Å². The number of rotatable bonds is 6. The predicted molar refractivity (Wildman–Crippen MR) is 125 cm³/mol. The molecular weight excluding hydrogens is 449 g/mol. The first-order chi connectivity index (χ1) is 15.5. The lowest BCUT2D eigenvalue weighted by Crippen LogP contribution is -2.43. The van der Waals surface area contributed by atoms with Gasteiger partial charge >= 0.3 is 0 Å². The van der Waals surface area contributed by atoms with Gasteiger partial charge in [-0.15, -0.1) is 0 Å². The van der Waals surface area contributed by atoms with Crippen LogP contribution in [0.4, 0.5) is 0 Å². The Bertz CT molecular complexity index is 1120. The van der Waals surface area contributed by atoms with Crippen LogP contribution in [0.2, 0.25) is 10.0 Å². The SMILES string of the molecule is COc1cc2c(cc1OC)C(c1cccc(Cl)c1)N(C(=O)COc1ccc(Cl)cc1)CC2. The van der Waals surface area contributed by atoms with Gasteiger partial charge in [0.05, 0.1) is 20.3 Å². The van der Waals surface area contributed by atoms with Crippen LogP contribution in [0.5, 0.6) is 17.2 Å². The number of halogens is 2. The number of carbonyl (C=O) groups excluding carboxylic acids is 1. The average molecular weight is 472 g/mol. The zero-order valence-corrected chi connectivity index (χ0v) is 19.3. The van der Waals surface area contributed by atoms with Gasteiger partial charge in [-0.1, -0.05) is 35.3 Å². The Morgan fingerprint density at radius 3 is 2.38 bits per heavy atom. The van der Waals surface area contributed by atoms with Crippen LogP contribution in [0.1, 0.15) is 22.7 Å². The summed E-state index contributed by atoms with van der Waals surface area (Å²) in [4.78, 5) is 15.1. The quantitative estimate of drug-likeness (QED) is 0.471. The second-order valence-corrected chi connectivity index (χ2v) is 8.32. The zero-order valence-electron chi connectivity index (χ0n) is 17.8. The molecule has 0 radical (unpaired) electrons. The lowest BCUT2D eigenvalue weighted by molar-refractivity contribution is -0.135. The van der Waals surface area contributed by atoms with E-state index in [1.54, 1.807) is 38.5 Å². The molecule has 1 aliphatic heterocycles. The summed E-state index contributed by atoms with van der Waals surface area (Å²) in [6.45, 7) is 0.462. The number of nitrogens with zero attached hydrogens (tertiary/aromatic N) is 1. The summed E-state index contributed by atoms with van der Waals surface area (Å²) in [5, 5.41) is 1.22. The zero-order chi connectivity index (χ0) is 22.7. The van der Waals surface area contributed by atoms with Crippen molar-refractivity contribution in [3.8, 4) is 17.2 Å². The van der Waals surface area contributed by atoms with Crippen molar-refractivity contribution in [3.05, 3.63) is 87.4 Å². The molecule has 0 bridgehead atoms. The first-order valence-corrected chi connectivity index (χ1v) is 10.9. The van der Waals surface area contributed by atoms with Gasteiger partial charge in [-0.05, 0) is 71.6 Å². The van der Waals surface area contributed by atoms with E-state index in [1.807, 2.05) is 41.3 Å². The van der Waals surface area contributed by atoms with Crippen molar-refractivity contribution in [2.45, 2.75) is 12.5 Å². The molecule has 5 nitrogen and oxygen atoms in total. The van der Waals surface area contributed by atoms with Gasteiger partial charge in [0.25, 0.3) is 5.91 Å². The van der Waals surface area contributed by atoms with Gasteiger partial charge in [0.2, 0.25) is 0 Å². The maximum Gasteiger partial charge on any atom is 0.261 e. The number of benzene rings is 3. The van der Waals surface area contributed by atoms with Crippen LogP contribution in [0.25, 0.3) is 0 Å². The Morgan fingerprint density at radius 2 is 1.69 bits per heavy atom. The number of amides is 1. The minimum atomic E-state index is -0.321. The summed E-state index contributed by atoms with van der Waals surface area (Å²) in [6, 6.07) is 18.1. The van der Waals surface area contributed by atoms with E-state index in [4.69, 9.17) is 37.4 Å². The second kappa shape index (κ2) is 9.72. The number of fused-ring (bicyclic) bond motifs is 1. The Balaban J connectivity index is 1.68. The number of carbonyl (C=O) groups is 1. The lowest BCUT2D eigenvalue weighted by atomic mass is 9.87. The van der Waals surface area contributed by atoms with E-state index < -0.39 is 0 Å². The van der Waals surface area contributed by atoms with Gasteiger partial charge in [-0.2, -0.15) is 0 Å². The van der Waals surface area contributed by atoms with Gasteiger partial charge in [-0.25, -0.2) is 0 Å². The molecular formula is C25H23Cl2NO4. The highest BCUT2D eigenvalue weighted by molar-refractivity contribution is 6.30. The molecule has 0 saturated heterocycles. The van der Waals surface area contributed by atoms with E-state index in [9.17, 15) is 4.79 Å². The Kier molecular flexibility index (Phi) is 6.77. The third kappa shape index (κ3) is 4.64. The fraction of sp³-hybridized carbons (Fsp3) is 0.240. The normalized spacial score (nSPS) is 15.1. The highest BCUT2D eigenvalue weighted by Gasteiger charge is 2.33. The fourth-order valence-corrected chi connectivity index (χ4v) is 4.33. The Hall–Kier alpha value is -2.89. The smallest absolute Gasteiger partial charge is 0.261 e. The van der Waals surface area contributed by atoms with Crippen LogP contribution in [0.15, 0.2) is 60.7 Å². The predicted octanol–water partition coefficient (Wildman–Crippen LogP) is 5.56. The lowest BCUT2D eigenvalue weighted by Gasteiger charge is -2.38. The molecule has 1 atom stereocenters. The molecule has 1 amide bonds. The third-order valence-electron chi connectivity index (χ3n) is 5.53. The summed E-state index contributed by atoms with van der Waals surface area (Å²) >= 11 is 12.2. The van der Waals surface area contributed by atoms with Crippen molar-refractivity contribution in [3.63, 3.8) is 0 Å². The maximum atomic E-state index is 13.3. The molecule has 0 aromatic heterocycles. The number of hydrogen-bond acceptors (Lipinski definition) is 4. The van der Waals surface area contributed by atoms with Crippen molar-refractivity contribution in [2.75, 3.05) is 27.4 Å². The summed E-state index contributed by atoms with van der Waals surface area (Å²) in [5.41, 5.74) is 3.01. The highest BCUT2D eigenvalue weighted by atomic mass is 35.5. The van der Waals surface area contributed by atoms with Crippen LogP contribution in [-0.2, 0) is 11.2 Å². The van der Waals surface area contributed by atoms with Crippen molar-refractivity contribution in [2.24, 2.45) is 0 Å². The van der Waals surface area contributed by atoms with Crippen LogP contribution in [0, 0.1) is 0 Å². The molecule has 4 rings (SSSR count). The standard InChI is InChI=1S/C25H23Cl2NO4/c1-30-22-13-16-10-11-28(24(29)15-32-20-8-6-18(26)7-9-20)25(21(16)14-23(22)31-2)17-4-3-5-19(27)12-17/h3-9,12-14,25H,10-11,15H2,1-2H3. The molecule has 0 fully saturated rings. The van der Waals surface area contributed by atoms with Crippen LogP contribution in [-0.4, -0.2) is 38.2 Å². The minimum absolute atomic E-state index is 0.0820. The molecule has 32 heavy (non-hydrogen) atoms. The molecule has 3 aromatic carbocycles. The molecule has 3 aromatic rings. The van der Waals surface area contributed by atoms with Gasteiger partial charge in [0.15, 0.2) is 18.1 Å². The first kappa shape index (κ1) is 22.3. The van der Waals surface area contributed by atoms with Crippen molar-refractivity contribution in [1.29, 1.82) is 0 Å². The molecule has 7 heteroatoms. The second-order valence-electron chi connectivity index (χ2n) is 7.44. The van der Waals surface area contributed by atoms with E-state index in [1.165, 1.54) is 0 Å². The maximum absolute atomic E-state index is 13.3. The molecule has 1 aliphatic rings. The van der Waals surface area contributed by atoms with Gasteiger partial charge < -0.3 is 19.1 Å². The summed E-state index contributed by atoms with van der Waals surface area (Å²) in [6.07, 6.45) is 0.694. The molecule has 0 spiro atoms. The van der Waals surface area contributed by atoms with Gasteiger partial charge in [-0.3, -0.25) is 4.79 Å². The van der Waals surface area contributed by atoms with Crippen LogP contribution >= 0.6 is 23.2 Å². The van der Waals surface area contributed by atoms with E-state index in [2.05, 4.69) is 0 Å². The topological polar surface area (TPSA) is 48.0 Å². The number of methoxy groups -OCH3 is 2. The minimum Gasteiger partial charge on any atom is -0.493 e. The first-order valence-electron chi connectivity index (χ1n) is 10.2. The Morgan fingerprint density at radius 1 is 0.969 bits per heavy atom. The van der Waals surface area contributed by atoms with Gasteiger partial charge in [0.1, 0.15) is 5.75 Å². The Labute approximate surface area is 197 Å². The molecule has 0 N–H and O–H groups in total. The van der Waals surface area contributed by atoms with Crippen LogP contribution < -0.4 is 14.2 Å². The average Bonchev–Trinajstić information content (AvgIpc) is 2.81. The van der Waals surface area contributed by atoms with Crippen molar-refractivity contribution in [1.82, 2.24) is 4.90 Å². The fourth-order valence-electron chi connectivity index (χ4n) is 4.01. The van der Waals surface area contributed by atoms with Crippen LogP contribution in [0.3, 0.4) is 0 Å². The number of ether oxygens (including phenoxy) is 3. The van der Waals surface area contributed by atoms with Gasteiger partial charge in [0, 0.05) is 16.6 Å². The largest absolute Gasteiger partial charge is 0.493 e. The van der Waals surface area contributed by atoms with E-state index in [0.717, 1.165) is 16.7 Å². The number of hydrogen-bond donors (Lipinski definition) is 0. The molecule has 166 valence electrons. The molecule has 0 saturated carbocycles. The monoisotopic (exact) mass is 471 g/mol. The highest BCUT2D eigenvalue weighted by Crippen LogP contribution is 2.41. The summed E-state index contributed by atoms with van der Waals surface area (Å²) < 4.78 is 16.7. The van der Waals surface area contributed by atoms with E-state index in [0.29, 0.717) is 40.3 Å². The molecule has 1 unspecified atom stereocenters. The molecule has 1 heterocycles.